The number of aliphatic carboxylic acids is 1. The number of nitrogens with one attached hydrogen (secondary N) is 2. The highest BCUT2D eigenvalue weighted by atomic mass is 16.4. The molecule has 5 heteroatoms. The van der Waals surface area contributed by atoms with Crippen LogP contribution in [0.2, 0.25) is 0 Å². The van der Waals surface area contributed by atoms with E-state index in [0.717, 1.165) is 12.8 Å². The predicted molar refractivity (Wildman–Crippen MR) is 71.6 cm³/mol. The van der Waals surface area contributed by atoms with Gasteiger partial charge in [0.25, 0.3) is 0 Å². The molecule has 1 unspecified atom stereocenters. The number of hydrogen-bond acceptors (Lipinski definition) is 2. The van der Waals surface area contributed by atoms with E-state index >= 15 is 0 Å². The van der Waals surface area contributed by atoms with E-state index in [9.17, 15) is 9.59 Å². The number of hydrogen-bond donors (Lipinski definition) is 3. The molecule has 0 spiro atoms. The molecule has 0 aliphatic rings. The lowest BCUT2D eigenvalue weighted by Gasteiger charge is -2.14. The topological polar surface area (TPSA) is 78.4 Å². The molecule has 0 radical (unpaired) electrons. The molecule has 0 aliphatic carbocycles. The molecular formula is C13H26N2O3. The monoisotopic (exact) mass is 258 g/mol. The molecule has 0 bridgehead atoms. The molecule has 0 heterocycles. The molecule has 18 heavy (non-hydrogen) atoms. The lowest BCUT2D eigenvalue weighted by Crippen LogP contribution is -2.41. The second kappa shape index (κ2) is 10.9. The maximum atomic E-state index is 11.4. The molecule has 0 aromatic heterocycles. The van der Waals surface area contributed by atoms with E-state index in [-0.39, 0.29) is 18.5 Å². The first-order valence-electron chi connectivity index (χ1n) is 6.82. The summed E-state index contributed by atoms with van der Waals surface area (Å²) in [6, 6.07) is 0.0323. The van der Waals surface area contributed by atoms with Gasteiger partial charge in [-0.2, -0.15) is 0 Å². The zero-order valence-electron chi connectivity index (χ0n) is 11.5. The van der Waals surface area contributed by atoms with Gasteiger partial charge >= 0.3 is 12.0 Å². The van der Waals surface area contributed by atoms with Crippen LogP contribution in [0.3, 0.4) is 0 Å². The van der Waals surface area contributed by atoms with Crippen molar-refractivity contribution < 1.29 is 14.7 Å². The summed E-state index contributed by atoms with van der Waals surface area (Å²) in [4.78, 5) is 21.7. The molecule has 0 aliphatic heterocycles. The molecule has 1 atom stereocenters. The number of urea groups is 1. The van der Waals surface area contributed by atoms with Crippen molar-refractivity contribution in [1.29, 1.82) is 0 Å². The van der Waals surface area contributed by atoms with Gasteiger partial charge in [-0.15, -0.1) is 0 Å². The van der Waals surface area contributed by atoms with Crippen molar-refractivity contribution in [2.45, 2.75) is 64.8 Å². The van der Waals surface area contributed by atoms with E-state index in [2.05, 4.69) is 17.6 Å². The first-order valence-corrected chi connectivity index (χ1v) is 6.82. The fourth-order valence-corrected chi connectivity index (χ4v) is 1.65. The maximum Gasteiger partial charge on any atom is 0.314 e. The van der Waals surface area contributed by atoms with Crippen LogP contribution >= 0.6 is 0 Å². The van der Waals surface area contributed by atoms with E-state index in [1.54, 1.807) is 0 Å². The van der Waals surface area contributed by atoms with Gasteiger partial charge in [-0.25, -0.2) is 4.79 Å². The summed E-state index contributed by atoms with van der Waals surface area (Å²) in [7, 11) is 0. The van der Waals surface area contributed by atoms with Gasteiger partial charge < -0.3 is 15.7 Å². The van der Waals surface area contributed by atoms with Crippen molar-refractivity contribution in [1.82, 2.24) is 10.6 Å². The number of rotatable bonds is 10. The number of carboxylic acid groups (broad SMARTS) is 1. The molecule has 0 aromatic carbocycles. The summed E-state index contributed by atoms with van der Waals surface area (Å²) in [6.45, 7) is 4.68. The summed E-state index contributed by atoms with van der Waals surface area (Å²) in [5, 5.41) is 14.1. The van der Waals surface area contributed by atoms with Crippen molar-refractivity contribution in [2.24, 2.45) is 0 Å². The second-order valence-corrected chi connectivity index (χ2v) is 4.65. The smallest absolute Gasteiger partial charge is 0.314 e. The Morgan fingerprint density at radius 1 is 1.17 bits per heavy atom. The third-order valence-electron chi connectivity index (χ3n) is 2.72. The second-order valence-electron chi connectivity index (χ2n) is 4.65. The molecule has 0 saturated heterocycles. The van der Waals surface area contributed by atoms with E-state index in [0.29, 0.717) is 19.4 Å². The molecule has 5 nitrogen and oxygen atoms in total. The zero-order valence-corrected chi connectivity index (χ0v) is 11.5. The Morgan fingerprint density at radius 2 is 1.89 bits per heavy atom. The van der Waals surface area contributed by atoms with Crippen LogP contribution in [0.5, 0.6) is 0 Å². The van der Waals surface area contributed by atoms with Gasteiger partial charge in [-0.3, -0.25) is 4.79 Å². The van der Waals surface area contributed by atoms with Crippen molar-refractivity contribution in [3.63, 3.8) is 0 Å². The molecule has 2 amide bonds. The minimum absolute atomic E-state index is 0.158. The summed E-state index contributed by atoms with van der Waals surface area (Å²) in [5.74, 6) is -0.788. The lowest BCUT2D eigenvalue weighted by atomic mass is 10.1. The summed E-state index contributed by atoms with van der Waals surface area (Å²) < 4.78 is 0. The summed E-state index contributed by atoms with van der Waals surface area (Å²) >= 11 is 0. The van der Waals surface area contributed by atoms with E-state index in [1.165, 1.54) is 12.8 Å². The third-order valence-corrected chi connectivity index (χ3v) is 2.72. The number of carboxylic acids is 1. The van der Waals surface area contributed by atoms with Gasteiger partial charge in [0.15, 0.2) is 0 Å². The number of carbonyl (C=O) groups excluding carboxylic acids is 1. The quantitative estimate of drug-likeness (QED) is 0.527. The fourth-order valence-electron chi connectivity index (χ4n) is 1.65. The standard InChI is InChI=1S/C13H26N2O3/c1-3-4-5-8-11(2)15-13(18)14-10-7-6-9-12(16)17/h11H,3-10H2,1-2H3,(H,16,17)(H2,14,15,18). The van der Waals surface area contributed by atoms with Crippen LogP contribution in [-0.4, -0.2) is 29.7 Å². The Balaban J connectivity index is 3.43. The highest BCUT2D eigenvalue weighted by Crippen LogP contribution is 2.02. The molecule has 0 rings (SSSR count). The van der Waals surface area contributed by atoms with Gasteiger partial charge in [0.2, 0.25) is 0 Å². The van der Waals surface area contributed by atoms with Gasteiger partial charge in [0, 0.05) is 19.0 Å². The Morgan fingerprint density at radius 3 is 2.50 bits per heavy atom. The van der Waals surface area contributed by atoms with Crippen molar-refractivity contribution in [3.05, 3.63) is 0 Å². The molecule has 0 aromatic rings. The number of unbranched alkanes of at least 4 members (excludes halogenated alkanes) is 3. The van der Waals surface area contributed by atoms with E-state index in [4.69, 9.17) is 5.11 Å². The average molecular weight is 258 g/mol. The molecule has 3 N–H and O–H groups in total. The highest BCUT2D eigenvalue weighted by molar-refractivity contribution is 5.74. The number of carbonyl (C=O) groups is 2. The van der Waals surface area contributed by atoms with Crippen LogP contribution in [0.1, 0.15) is 58.8 Å². The minimum atomic E-state index is -0.788. The van der Waals surface area contributed by atoms with E-state index < -0.39 is 5.97 Å². The van der Waals surface area contributed by atoms with Crippen LogP contribution in [0, 0.1) is 0 Å². The van der Waals surface area contributed by atoms with Crippen molar-refractivity contribution >= 4 is 12.0 Å². The summed E-state index contributed by atoms with van der Waals surface area (Å²) in [5.41, 5.74) is 0. The van der Waals surface area contributed by atoms with Crippen LogP contribution in [0.4, 0.5) is 4.79 Å². The minimum Gasteiger partial charge on any atom is -0.481 e. The van der Waals surface area contributed by atoms with E-state index in [1.807, 2.05) is 6.92 Å². The Bertz CT molecular complexity index is 244. The fraction of sp³-hybridized carbons (Fsp3) is 0.846. The normalized spacial score (nSPS) is 11.9. The number of amides is 2. The maximum absolute atomic E-state index is 11.4. The first kappa shape index (κ1) is 16.7. The van der Waals surface area contributed by atoms with Crippen LogP contribution in [0.25, 0.3) is 0 Å². The Labute approximate surface area is 109 Å². The molecule has 0 saturated carbocycles. The van der Waals surface area contributed by atoms with Gasteiger partial charge in [-0.1, -0.05) is 26.2 Å². The largest absolute Gasteiger partial charge is 0.481 e. The van der Waals surface area contributed by atoms with Crippen molar-refractivity contribution in [2.75, 3.05) is 6.54 Å². The van der Waals surface area contributed by atoms with Crippen LogP contribution in [0.15, 0.2) is 0 Å². The van der Waals surface area contributed by atoms with Gasteiger partial charge in [-0.05, 0) is 26.2 Å². The van der Waals surface area contributed by atoms with Crippen LogP contribution in [-0.2, 0) is 4.79 Å². The SMILES string of the molecule is CCCCCC(C)NC(=O)NCCCCC(=O)O. The molecular weight excluding hydrogens is 232 g/mol. The van der Waals surface area contributed by atoms with Gasteiger partial charge in [0.1, 0.15) is 0 Å². The van der Waals surface area contributed by atoms with Crippen LogP contribution < -0.4 is 10.6 Å². The van der Waals surface area contributed by atoms with Crippen molar-refractivity contribution in [3.8, 4) is 0 Å². The Kier molecular flexibility index (Phi) is 10.1. The molecule has 0 fully saturated rings. The predicted octanol–water partition coefficient (Wildman–Crippen LogP) is 2.51. The summed E-state index contributed by atoms with van der Waals surface area (Å²) in [6.07, 6.45) is 5.98. The average Bonchev–Trinajstić information content (AvgIpc) is 2.28. The zero-order chi connectivity index (χ0) is 13.8. The van der Waals surface area contributed by atoms with Gasteiger partial charge in [0.05, 0.1) is 0 Å². The first-order chi connectivity index (χ1) is 8.56. The third kappa shape index (κ3) is 11.2. The highest BCUT2D eigenvalue weighted by Gasteiger charge is 2.05. The Hall–Kier alpha value is -1.26. The molecule has 106 valence electrons. The lowest BCUT2D eigenvalue weighted by molar-refractivity contribution is -0.137.